The van der Waals surface area contributed by atoms with Crippen molar-refractivity contribution in [2.75, 3.05) is 7.11 Å². The molecule has 0 aliphatic heterocycles. The van der Waals surface area contributed by atoms with Gasteiger partial charge < -0.3 is 9.47 Å². The average molecular weight is 305 g/mol. The molecule has 2 aromatic carbocycles. The molecule has 0 aliphatic rings. The third-order valence-electron chi connectivity index (χ3n) is 3.41. The molecule has 0 N–H and O–H groups in total. The Kier molecular flexibility index (Phi) is 4.86. The molecule has 3 nitrogen and oxygen atoms in total. The number of methoxy groups -OCH3 is 1. The van der Waals surface area contributed by atoms with E-state index in [9.17, 15) is 4.79 Å². The van der Waals surface area contributed by atoms with Crippen molar-refractivity contribution in [2.45, 2.75) is 20.5 Å². The molecular weight excluding hydrogens is 288 g/mol. The van der Waals surface area contributed by atoms with Crippen molar-refractivity contribution >= 4 is 17.6 Å². The van der Waals surface area contributed by atoms with Gasteiger partial charge in [-0.2, -0.15) is 0 Å². The maximum absolute atomic E-state index is 12.1. The molecule has 0 spiro atoms. The lowest BCUT2D eigenvalue weighted by atomic mass is 10.1. The third-order valence-corrected chi connectivity index (χ3v) is 3.89. The van der Waals surface area contributed by atoms with Crippen molar-refractivity contribution in [1.29, 1.82) is 0 Å². The van der Waals surface area contributed by atoms with Gasteiger partial charge in [0.05, 0.1) is 17.7 Å². The van der Waals surface area contributed by atoms with Crippen LogP contribution >= 0.6 is 11.6 Å². The molecule has 2 aromatic rings. The minimum absolute atomic E-state index is 0.200. The molecule has 0 saturated carbocycles. The summed E-state index contributed by atoms with van der Waals surface area (Å²) in [6.07, 6.45) is 0. The van der Waals surface area contributed by atoms with Crippen LogP contribution in [-0.4, -0.2) is 13.1 Å². The Morgan fingerprint density at radius 3 is 2.38 bits per heavy atom. The number of aryl methyl sites for hydroxylation is 1. The van der Waals surface area contributed by atoms with Gasteiger partial charge >= 0.3 is 5.97 Å². The van der Waals surface area contributed by atoms with E-state index in [1.807, 2.05) is 44.2 Å². The summed E-state index contributed by atoms with van der Waals surface area (Å²) in [6.45, 7) is 4.04. The molecule has 21 heavy (non-hydrogen) atoms. The van der Waals surface area contributed by atoms with Crippen LogP contribution < -0.4 is 4.74 Å². The Balaban J connectivity index is 2.06. The normalized spacial score (nSPS) is 10.3. The number of benzene rings is 2. The molecule has 4 heteroatoms. The number of carbonyl (C=O) groups excluding carboxylic acids is 1. The summed E-state index contributed by atoms with van der Waals surface area (Å²) in [4.78, 5) is 12.1. The maximum atomic E-state index is 12.1. The number of halogens is 1. The molecule has 0 bridgehead atoms. The smallest absolute Gasteiger partial charge is 0.339 e. The highest BCUT2D eigenvalue weighted by atomic mass is 35.5. The van der Waals surface area contributed by atoms with Gasteiger partial charge in [-0.3, -0.25) is 0 Å². The van der Waals surface area contributed by atoms with Crippen LogP contribution in [0.25, 0.3) is 0 Å². The van der Waals surface area contributed by atoms with Gasteiger partial charge in [0.1, 0.15) is 12.4 Å². The van der Waals surface area contributed by atoms with E-state index in [0.29, 0.717) is 10.6 Å². The van der Waals surface area contributed by atoms with Crippen molar-refractivity contribution in [3.05, 3.63) is 63.7 Å². The fraction of sp³-hybridized carbons (Fsp3) is 0.235. The summed E-state index contributed by atoms with van der Waals surface area (Å²) in [7, 11) is 1.61. The summed E-state index contributed by atoms with van der Waals surface area (Å²) < 4.78 is 10.4. The molecule has 0 amide bonds. The Bertz CT molecular complexity index is 648. The molecule has 0 aliphatic carbocycles. The van der Waals surface area contributed by atoms with Gasteiger partial charge in [-0.1, -0.05) is 29.8 Å². The number of hydrogen-bond acceptors (Lipinski definition) is 3. The number of carbonyl (C=O) groups is 1. The first-order valence-corrected chi connectivity index (χ1v) is 6.96. The lowest BCUT2D eigenvalue weighted by Crippen LogP contribution is -2.07. The van der Waals surface area contributed by atoms with Crippen LogP contribution in [0.4, 0.5) is 0 Å². The Hall–Kier alpha value is -2.00. The molecule has 0 atom stereocenters. The minimum atomic E-state index is -0.418. The van der Waals surface area contributed by atoms with Crippen LogP contribution in [0, 0.1) is 13.8 Å². The maximum Gasteiger partial charge on any atom is 0.339 e. The van der Waals surface area contributed by atoms with E-state index in [1.54, 1.807) is 13.2 Å². The zero-order valence-electron chi connectivity index (χ0n) is 12.3. The summed E-state index contributed by atoms with van der Waals surface area (Å²) in [5.74, 6) is 0.348. The molecule has 0 unspecified atom stereocenters. The fourth-order valence-electron chi connectivity index (χ4n) is 1.89. The highest BCUT2D eigenvalue weighted by Gasteiger charge is 2.14. The van der Waals surface area contributed by atoms with Crippen LogP contribution in [0.1, 0.15) is 27.0 Å². The number of esters is 1. The van der Waals surface area contributed by atoms with Crippen LogP contribution in [0.15, 0.2) is 36.4 Å². The van der Waals surface area contributed by atoms with Crippen molar-refractivity contribution in [3.63, 3.8) is 0 Å². The van der Waals surface area contributed by atoms with Crippen LogP contribution in [0.3, 0.4) is 0 Å². The predicted octanol–water partition coefficient (Wildman–Crippen LogP) is 4.32. The van der Waals surface area contributed by atoms with Crippen LogP contribution in [0.5, 0.6) is 5.75 Å². The second-order valence-electron chi connectivity index (χ2n) is 4.79. The van der Waals surface area contributed by atoms with Crippen molar-refractivity contribution < 1.29 is 14.3 Å². The summed E-state index contributed by atoms with van der Waals surface area (Å²) in [5, 5.41) is 0.453. The second kappa shape index (κ2) is 6.64. The molecule has 2 rings (SSSR count). The summed E-state index contributed by atoms with van der Waals surface area (Å²) >= 11 is 6.20. The van der Waals surface area contributed by atoms with Crippen molar-refractivity contribution in [3.8, 4) is 5.75 Å². The number of rotatable bonds is 4. The molecule has 0 heterocycles. The molecule has 0 fully saturated rings. The van der Waals surface area contributed by atoms with E-state index < -0.39 is 5.97 Å². The van der Waals surface area contributed by atoms with Gasteiger partial charge in [0, 0.05) is 0 Å². The first-order valence-electron chi connectivity index (χ1n) is 6.58. The first-order chi connectivity index (χ1) is 10.0. The molecule has 0 radical (unpaired) electrons. The zero-order chi connectivity index (χ0) is 15.4. The van der Waals surface area contributed by atoms with Gasteiger partial charge in [0.2, 0.25) is 0 Å². The van der Waals surface area contributed by atoms with Gasteiger partial charge in [-0.25, -0.2) is 4.79 Å². The first kappa shape index (κ1) is 15.4. The largest absolute Gasteiger partial charge is 0.497 e. The molecule has 0 aromatic heterocycles. The minimum Gasteiger partial charge on any atom is -0.497 e. The van der Waals surface area contributed by atoms with Gasteiger partial charge in [0.15, 0.2) is 0 Å². The predicted molar refractivity (Wildman–Crippen MR) is 83.0 cm³/mol. The van der Waals surface area contributed by atoms with Crippen molar-refractivity contribution in [2.24, 2.45) is 0 Å². The Morgan fingerprint density at radius 2 is 1.76 bits per heavy atom. The van der Waals surface area contributed by atoms with E-state index >= 15 is 0 Å². The monoisotopic (exact) mass is 304 g/mol. The quantitative estimate of drug-likeness (QED) is 0.789. The Labute approximate surface area is 129 Å². The number of hydrogen-bond donors (Lipinski definition) is 0. The zero-order valence-corrected chi connectivity index (χ0v) is 13.0. The lowest BCUT2D eigenvalue weighted by Gasteiger charge is -2.10. The van der Waals surface area contributed by atoms with Gasteiger partial charge in [0.25, 0.3) is 0 Å². The lowest BCUT2D eigenvalue weighted by molar-refractivity contribution is 0.0473. The highest BCUT2D eigenvalue weighted by Crippen LogP contribution is 2.24. The van der Waals surface area contributed by atoms with Crippen molar-refractivity contribution in [1.82, 2.24) is 0 Å². The van der Waals surface area contributed by atoms with E-state index in [1.165, 1.54) is 0 Å². The molecule has 0 saturated heterocycles. The van der Waals surface area contributed by atoms with E-state index in [-0.39, 0.29) is 6.61 Å². The molecular formula is C17H17ClO3. The SMILES string of the molecule is COc1ccc(COC(=O)c2ccc(C)c(C)c2Cl)cc1. The Morgan fingerprint density at radius 1 is 1.10 bits per heavy atom. The van der Waals surface area contributed by atoms with Gasteiger partial charge in [-0.15, -0.1) is 0 Å². The van der Waals surface area contributed by atoms with Crippen LogP contribution in [-0.2, 0) is 11.3 Å². The summed E-state index contributed by atoms with van der Waals surface area (Å²) in [6, 6.07) is 10.9. The van der Waals surface area contributed by atoms with E-state index in [4.69, 9.17) is 21.1 Å². The third kappa shape index (κ3) is 3.56. The topological polar surface area (TPSA) is 35.5 Å². The average Bonchev–Trinajstić information content (AvgIpc) is 2.51. The van der Waals surface area contributed by atoms with Crippen LogP contribution in [0.2, 0.25) is 5.02 Å². The highest BCUT2D eigenvalue weighted by molar-refractivity contribution is 6.34. The fourth-order valence-corrected chi connectivity index (χ4v) is 2.18. The van der Waals surface area contributed by atoms with E-state index in [2.05, 4.69) is 0 Å². The number of ether oxygens (including phenoxy) is 2. The molecule has 110 valence electrons. The standard InChI is InChI=1S/C17H17ClO3/c1-11-4-9-15(16(18)12(11)2)17(19)21-10-13-5-7-14(20-3)8-6-13/h4-9H,10H2,1-3H3. The van der Waals surface area contributed by atoms with E-state index in [0.717, 1.165) is 22.4 Å². The second-order valence-corrected chi connectivity index (χ2v) is 5.17. The van der Waals surface area contributed by atoms with Gasteiger partial charge in [-0.05, 0) is 48.7 Å². The summed E-state index contributed by atoms with van der Waals surface area (Å²) in [5.41, 5.74) is 3.24.